The Morgan fingerprint density at radius 1 is 1.10 bits per heavy atom. The predicted molar refractivity (Wildman–Crippen MR) is 87.3 cm³/mol. The topological polar surface area (TPSA) is 32.5 Å². The molecule has 0 aromatic heterocycles. The van der Waals surface area contributed by atoms with Crippen LogP contribution in [0.3, 0.4) is 0 Å². The van der Waals surface area contributed by atoms with Crippen molar-refractivity contribution in [3.05, 3.63) is 29.8 Å². The summed E-state index contributed by atoms with van der Waals surface area (Å²) in [6.45, 7) is 13.3. The molecule has 1 aliphatic rings. The van der Waals surface area contributed by atoms with Gasteiger partial charge in [-0.25, -0.2) is 0 Å². The summed E-state index contributed by atoms with van der Waals surface area (Å²) < 4.78 is 0. The summed E-state index contributed by atoms with van der Waals surface area (Å²) in [5.74, 6) is 0. The van der Waals surface area contributed by atoms with Gasteiger partial charge in [0.05, 0.1) is 0 Å². The molecule has 0 amide bonds. The molecule has 0 bridgehead atoms. The summed E-state index contributed by atoms with van der Waals surface area (Å²) >= 11 is 0. The van der Waals surface area contributed by atoms with Crippen molar-refractivity contribution in [3.8, 4) is 0 Å². The van der Waals surface area contributed by atoms with Gasteiger partial charge in [-0.3, -0.25) is 4.90 Å². The minimum Gasteiger partial charge on any atom is -0.369 e. The van der Waals surface area contributed by atoms with E-state index in [4.69, 9.17) is 5.73 Å². The van der Waals surface area contributed by atoms with E-state index in [0.29, 0.717) is 6.04 Å². The third-order valence-corrected chi connectivity index (χ3v) is 4.02. The monoisotopic (exact) mass is 275 g/mol. The number of hydrogen-bond acceptors (Lipinski definition) is 3. The first-order valence-electron chi connectivity index (χ1n) is 7.72. The fraction of sp³-hybridized carbons (Fsp3) is 0.647. The molecule has 0 spiro atoms. The molecular formula is C17H29N3. The smallest absolute Gasteiger partial charge is 0.0400 e. The maximum Gasteiger partial charge on any atom is 0.0400 e. The number of hydrogen-bond donors (Lipinski definition) is 1. The highest BCUT2D eigenvalue weighted by Gasteiger charge is 2.22. The Balaban J connectivity index is 2.10. The molecule has 1 fully saturated rings. The van der Waals surface area contributed by atoms with Crippen LogP contribution in [0, 0.1) is 0 Å². The van der Waals surface area contributed by atoms with Crippen LogP contribution in [0.2, 0.25) is 0 Å². The molecule has 1 aromatic rings. The summed E-state index contributed by atoms with van der Waals surface area (Å²) in [5.41, 5.74) is 8.79. The number of para-hydroxylation sites is 1. The Kier molecular flexibility index (Phi) is 4.71. The van der Waals surface area contributed by atoms with Crippen molar-refractivity contribution in [1.29, 1.82) is 0 Å². The van der Waals surface area contributed by atoms with Crippen LogP contribution in [0.5, 0.6) is 0 Å². The number of piperazine rings is 1. The minimum absolute atomic E-state index is 0.157. The molecule has 2 rings (SSSR count). The molecule has 0 unspecified atom stereocenters. The van der Waals surface area contributed by atoms with Crippen LogP contribution in [-0.2, 0) is 6.42 Å². The summed E-state index contributed by atoms with van der Waals surface area (Å²) in [5, 5.41) is 0. The molecule has 3 nitrogen and oxygen atoms in total. The Morgan fingerprint density at radius 2 is 1.70 bits per heavy atom. The normalized spacial score (nSPS) is 17.8. The summed E-state index contributed by atoms with van der Waals surface area (Å²) in [6.07, 6.45) is 0.924. The minimum atomic E-state index is -0.157. The molecule has 1 aliphatic heterocycles. The highest BCUT2D eigenvalue weighted by atomic mass is 15.3. The van der Waals surface area contributed by atoms with E-state index in [0.717, 1.165) is 32.6 Å². The SMILES string of the molecule is CC(C)N1CCN(c2ccccc2CC(C)(C)N)CC1. The number of nitrogens with two attached hydrogens (primary N) is 1. The highest BCUT2D eigenvalue weighted by Crippen LogP contribution is 2.25. The van der Waals surface area contributed by atoms with Gasteiger partial charge in [-0.15, -0.1) is 0 Å². The van der Waals surface area contributed by atoms with Crippen molar-refractivity contribution in [3.63, 3.8) is 0 Å². The molecule has 1 saturated heterocycles. The van der Waals surface area contributed by atoms with Gasteiger partial charge in [0.2, 0.25) is 0 Å². The second kappa shape index (κ2) is 6.15. The molecule has 1 aromatic carbocycles. The first-order valence-corrected chi connectivity index (χ1v) is 7.72. The average molecular weight is 275 g/mol. The van der Waals surface area contributed by atoms with E-state index >= 15 is 0 Å². The lowest BCUT2D eigenvalue weighted by atomic mass is 9.94. The first kappa shape index (κ1) is 15.3. The van der Waals surface area contributed by atoms with E-state index in [9.17, 15) is 0 Å². The fourth-order valence-electron chi connectivity index (χ4n) is 2.94. The third-order valence-electron chi connectivity index (χ3n) is 4.02. The number of rotatable bonds is 4. The van der Waals surface area contributed by atoms with E-state index in [-0.39, 0.29) is 5.54 Å². The third kappa shape index (κ3) is 3.97. The second-order valence-corrected chi connectivity index (χ2v) is 6.91. The second-order valence-electron chi connectivity index (χ2n) is 6.91. The van der Waals surface area contributed by atoms with Gasteiger partial charge in [-0.05, 0) is 45.7 Å². The van der Waals surface area contributed by atoms with Crippen LogP contribution >= 0.6 is 0 Å². The summed E-state index contributed by atoms with van der Waals surface area (Å²) in [6, 6.07) is 9.37. The predicted octanol–water partition coefficient (Wildman–Crippen LogP) is 2.50. The maximum absolute atomic E-state index is 6.20. The molecule has 3 heteroatoms. The number of benzene rings is 1. The van der Waals surface area contributed by atoms with Crippen LogP contribution in [0.1, 0.15) is 33.3 Å². The summed E-state index contributed by atoms with van der Waals surface area (Å²) in [7, 11) is 0. The van der Waals surface area contributed by atoms with Crippen LogP contribution in [0.25, 0.3) is 0 Å². The molecule has 0 atom stereocenters. The van der Waals surface area contributed by atoms with Crippen LogP contribution in [0.4, 0.5) is 5.69 Å². The molecular weight excluding hydrogens is 246 g/mol. The number of nitrogens with zero attached hydrogens (tertiary/aromatic N) is 2. The van der Waals surface area contributed by atoms with Gasteiger partial charge in [-0.2, -0.15) is 0 Å². The van der Waals surface area contributed by atoms with E-state index in [1.54, 1.807) is 0 Å². The van der Waals surface area contributed by atoms with E-state index in [1.165, 1.54) is 11.3 Å². The van der Waals surface area contributed by atoms with Crippen LogP contribution in [0.15, 0.2) is 24.3 Å². The van der Waals surface area contributed by atoms with Crippen molar-refractivity contribution in [2.45, 2.75) is 45.7 Å². The molecule has 2 N–H and O–H groups in total. The van der Waals surface area contributed by atoms with Gasteiger partial charge in [0, 0.05) is 43.4 Å². The van der Waals surface area contributed by atoms with Gasteiger partial charge < -0.3 is 10.6 Å². The first-order chi connectivity index (χ1) is 9.37. The standard InChI is InChI=1S/C17H29N3/c1-14(2)19-9-11-20(12-10-19)16-8-6-5-7-15(16)13-17(3,4)18/h5-8,14H,9-13,18H2,1-4H3. The van der Waals surface area contributed by atoms with E-state index in [2.05, 4.69) is 61.8 Å². The fourth-order valence-corrected chi connectivity index (χ4v) is 2.94. The molecule has 20 heavy (non-hydrogen) atoms. The highest BCUT2D eigenvalue weighted by molar-refractivity contribution is 5.54. The van der Waals surface area contributed by atoms with Crippen molar-refractivity contribution in [1.82, 2.24) is 4.90 Å². The van der Waals surface area contributed by atoms with Gasteiger partial charge in [0.15, 0.2) is 0 Å². The van der Waals surface area contributed by atoms with Gasteiger partial charge >= 0.3 is 0 Å². The molecule has 0 aliphatic carbocycles. The van der Waals surface area contributed by atoms with Crippen molar-refractivity contribution in [2.75, 3.05) is 31.1 Å². The van der Waals surface area contributed by atoms with E-state index < -0.39 is 0 Å². The Hall–Kier alpha value is -1.06. The quantitative estimate of drug-likeness (QED) is 0.916. The Bertz CT molecular complexity index is 426. The van der Waals surface area contributed by atoms with Crippen molar-refractivity contribution in [2.24, 2.45) is 5.73 Å². The zero-order chi connectivity index (χ0) is 14.8. The van der Waals surface area contributed by atoms with Gasteiger partial charge in [-0.1, -0.05) is 18.2 Å². The van der Waals surface area contributed by atoms with Crippen LogP contribution in [-0.4, -0.2) is 42.7 Å². The molecule has 1 heterocycles. The van der Waals surface area contributed by atoms with Gasteiger partial charge in [0.1, 0.15) is 0 Å². The van der Waals surface area contributed by atoms with Crippen molar-refractivity contribution < 1.29 is 0 Å². The van der Waals surface area contributed by atoms with E-state index in [1.807, 2.05) is 0 Å². The molecule has 0 saturated carbocycles. The Labute approximate surface area is 123 Å². The largest absolute Gasteiger partial charge is 0.369 e. The summed E-state index contributed by atoms with van der Waals surface area (Å²) in [4.78, 5) is 5.06. The maximum atomic E-state index is 6.20. The average Bonchev–Trinajstić information content (AvgIpc) is 2.37. The number of anilines is 1. The molecule has 0 radical (unpaired) electrons. The van der Waals surface area contributed by atoms with Crippen molar-refractivity contribution >= 4 is 5.69 Å². The van der Waals surface area contributed by atoms with Gasteiger partial charge in [0.25, 0.3) is 0 Å². The zero-order valence-electron chi connectivity index (χ0n) is 13.4. The lowest BCUT2D eigenvalue weighted by Gasteiger charge is -2.39. The van der Waals surface area contributed by atoms with Crippen LogP contribution < -0.4 is 10.6 Å². The molecule has 112 valence electrons. The lowest BCUT2D eigenvalue weighted by Crippen LogP contribution is -2.49. The lowest BCUT2D eigenvalue weighted by molar-refractivity contribution is 0.209. The Morgan fingerprint density at radius 3 is 2.25 bits per heavy atom. The zero-order valence-corrected chi connectivity index (χ0v) is 13.4.